The molecule has 1 aromatic heterocycles. The zero-order valence-corrected chi connectivity index (χ0v) is 17.8. The number of carbonyl (C=O) groups excluding carboxylic acids is 1. The number of aliphatic hydroxyl groups is 1. The number of nitrogens with zero attached hydrogens (tertiary/aromatic N) is 2. The second-order valence-electron chi connectivity index (χ2n) is 7.39. The normalized spacial score (nSPS) is 15.4. The Morgan fingerprint density at radius 1 is 1.23 bits per heavy atom. The molecule has 8 nitrogen and oxygen atoms in total. The molecule has 1 amide bonds. The number of phenols is 2. The summed E-state index contributed by atoms with van der Waals surface area (Å²) in [6.45, 7) is 2.03. The molecule has 1 unspecified atom stereocenters. The zero-order valence-electron chi connectivity index (χ0n) is 17.0. The van der Waals surface area contributed by atoms with Gasteiger partial charge in [0.25, 0.3) is 5.91 Å². The Morgan fingerprint density at radius 3 is 2.71 bits per heavy atom. The SMILES string of the molecule is COc1cc(C2c3c(-c4cc(Cl)c(C)cc4O)n[nH]c3C(=O)N2CCCO)ccc1O. The summed E-state index contributed by atoms with van der Waals surface area (Å²) < 4.78 is 5.25. The largest absolute Gasteiger partial charge is 0.507 e. The average Bonchev–Trinajstić information content (AvgIpc) is 3.28. The lowest BCUT2D eigenvalue weighted by Gasteiger charge is -2.26. The smallest absolute Gasteiger partial charge is 0.273 e. The van der Waals surface area contributed by atoms with E-state index >= 15 is 0 Å². The number of benzene rings is 2. The number of hydrogen-bond donors (Lipinski definition) is 4. The summed E-state index contributed by atoms with van der Waals surface area (Å²) in [6, 6.07) is 7.48. The molecule has 0 radical (unpaired) electrons. The lowest BCUT2D eigenvalue weighted by Crippen LogP contribution is -2.31. The lowest BCUT2D eigenvalue weighted by molar-refractivity contribution is 0.0732. The summed E-state index contributed by atoms with van der Waals surface area (Å²) in [5.41, 5.74) is 3.12. The number of aromatic amines is 1. The number of aryl methyl sites for hydroxylation is 1. The summed E-state index contributed by atoms with van der Waals surface area (Å²) in [7, 11) is 1.45. The third-order valence-corrected chi connectivity index (χ3v) is 5.88. The first-order valence-electron chi connectivity index (χ1n) is 9.73. The number of methoxy groups -OCH3 is 1. The van der Waals surface area contributed by atoms with Gasteiger partial charge in [0.1, 0.15) is 17.1 Å². The molecule has 2 aromatic carbocycles. The van der Waals surface area contributed by atoms with Gasteiger partial charge in [-0.25, -0.2) is 0 Å². The number of rotatable bonds is 6. The van der Waals surface area contributed by atoms with Crippen molar-refractivity contribution in [2.24, 2.45) is 0 Å². The highest BCUT2D eigenvalue weighted by molar-refractivity contribution is 6.31. The van der Waals surface area contributed by atoms with Crippen molar-refractivity contribution in [1.29, 1.82) is 0 Å². The van der Waals surface area contributed by atoms with Crippen molar-refractivity contribution in [2.75, 3.05) is 20.3 Å². The molecule has 9 heteroatoms. The Labute approximate surface area is 183 Å². The van der Waals surface area contributed by atoms with Crippen LogP contribution in [0.3, 0.4) is 0 Å². The van der Waals surface area contributed by atoms with Crippen LogP contribution in [-0.2, 0) is 0 Å². The number of nitrogens with one attached hydrogen (secondary N) is 1. The van der Waals surface area contributed by atoms with E-state index in [1.807, 2.05) is 0 Å². The maximum atomic E-state index is 13.2. The topological polar surface area (TPSA) is 119 Å². The van der Waals surface area contributed by atoms with Gasteiger partial charge in [0.05, 0.1) is 13.2 Å². The average molecular weight is 444 g/mol. The predicted octanol–water partition coefficient (Wildman–Crippen LogP) is 3.39. The van der Waals surface area contributed by atoms with Crippen LogP contribution in [0.1, 0.15) is 39.6 Å². The third kappa shape index (κ3) is 3.47. The number of carbonyl (C=O) groups is 1. The lowest BCUT2D eigenvalue weighted by atomic mass is 9.95. The number of H-pyrrole nitrogens is 1. The first-order valence-corrected chi connectivity index (χ1v) is 10.1. The van der Waals surface area contributed by atoms with Crippen LogP contribution in [0.25, 0.3) is 11.3 Å². The Balaban J connectivity index is 1.92. The molecule has 1 aliphatic heterocycles. The van der Waals surface area contributed by atoms with Gasteiger partial charge in [-0.2, -0.15) is 5.10 Å². The van der Waals surface area contributed by atoms with Crippen molar-refractivity contribution < 1.29 is 24.9 Å². The van der Waals surface area contributed by atoms with Crippen molar-refractivity contribution in [3.8, 4) is 28.5 Å². The summed E-state index contributed by atoms with van der Waals surface area (Å²) in [6.07, 6.45) is 0.395. The standard InChI is InChI=1S/C22H22ClN3O5/c1-11-8-16(29)13(10-14(11)23)19-18-20(25-24-19)22(30)26(6-3-7-27)21(18)12-4-5-15(28)17(9-12)31-2/h4-5,8-10,21,27-29H,3,6-7H2,1-2H3,(H,24,25). The van der Waals surface area contributed by atoms with E-state index in [9.17, 15) is 20.1 Å². The highest BCUT2D eigenvalue weighted by Gasteiger charge is 2.42. The van der Waals surface area contributed by atoms with Crippen molar-refractivity contribution in [2.45, 2.75) is 19.4 Å². The fourth-order valence-corrected chi connectivity index (χ4v) is 4.10. The number of aromatic hydroxyl groups is 2. The van der Waals surface area contributed by atoms with Gasteiger partial charge in [0.2, 0.25) is 0 Å². The van der Waals surface area contributed by atoms with Crippen molar-refractivity contribution in [3.63, 3.8) is 0 Å². The van der Waals surface area contributed by atoms with Gasteiger partial charge in [-0.05, 0) is 48.7 Å². The number of fused-ring (bicyclic) bond motifs is 1. The van der Waals surface area contributed by atoms with Crippen LogP contribution >= 0.6 is 11.6 Å². The molecular formula is C22H22ClN3O5. The molecule has 2 heterocycles. The molecule has 3 aromatic rings. The first-order chi connectivity index (χ1) is 14.9. The highest BCUT2D eigenvalue weighted by atomic mass is 35.5. The van der Waals surface area contributed by atoms with Crippen LogP contribution in [0.4, 0.5) is 0 Å². The number of ether oxygens (including phenoxy) is 1. The van der Waals surface area contributed by atoms with E-state index < -0.39 is 6.04 Å². The number of aliphatic hydroxyl groups excluding tert-OH is 1. The molecule has 4 N–H and O–H groups in total. The summed E-state index contributed by atoms with van der Waals surface area (Å²) in [5.74, 6) is -0.0173. The molecule has 0 aliphatic carbocycles. The van der Waals surface area contributed by atoms with Gasteiger partial charge < -0.3 is 25.0 Å². The fourth-order valence-electron chi connectivity index (χ4n) is 3.94. The van der Waals surface area contributed by atoms with E-state index in [2.05, 4.69) is 10.2 Å². The number of hydrogen-bond acceptors (Lipinski definition) is 6. The monoisotopic (exact) mass is 443 g/mol. The van der Waals surface area contributed by atoms with Gasteiger partial charge in [0.15, 0.2) is 11.5 Å². The van der Waals surface area contributed by atoms with Crippen LogP contribution in [0, 0.1) is 6.92 Å². The van der Waals surface area contributed by atoms with Gasteiger partial charge in [-0.15, -0.1) is 0 Å². The Kier molecular flexibility index (Phi) is 5.51. The van der Waals surface area contributed by atoms with E-state index in [0.29, 0.717) is 46.1 Å². The van der Waals surface area contributed by atoms with Crippen molar-refractivity contribution in [1.82, 2.24) is 15.1 Å². The molecule has 1 aliphatic rings. The van der Waals surface area contributed by atoms with Gasteiger partial charge in [-0.3, -0.25) is 9.89 Å². The Morgan fingerprint density at radius 2 is 2.00 bits per heavy atom. The van der Waals surface area contributed by atoms with Gasteiger partial charge in [-0.1, -0.05) is 17.7 Å². The second-order valence-corrected chi connectivity index (χ2v) is 7.80. The summed E-state index contributed by atoms with van der Waals surface area (Å²) in [5, 5.41) is 37.5. The molecular weight excluding hydrogens is 422 g/mol. The highest BCUT2D eigenvalue weighted by Crippen LogP contribution is 2.46. The van der Waals surface area contributed by atoms with E-state index in [1.165, 1.54) is 13.2 Å². The fraction of sp³-hybridized carbons (Fsp3) is 0.273. The van der Waals surface area contributed by atoms with Crippen LogP contribution < -0.4 is 4.74 Å². The molecule has 1 atom stereocenters. The van der Waals surface area contributed by atoms with E-state index in [4.69, 9.17) is 16.3 Å². The van der Waals surface area contributed by atoms with Crippen LogP contribution in [0.5, 0.6) is 17.2 Å². The molecule has 31 heavy (non-hydrogen) atoms. The number of halogens is 1. The van der Waals surface area contributed by atoms with Crippen LogP contribution in [0.2, 0.25) is 5.02 Å². The first kappa shape index (κ1) is 21.0. The van der Waals surface area contributed by atoms with E-state index in [1.54, 1.807) is 36.1 Å². The van der Waals surface area contributed by atoms with Crippen LogP contribution in [0.15, 0.2) is 30.3 Å². The number of phenolic OH excluding ortho intramolecular Hbond substituents is 2. The molecule has 0 spiro atoms. The van der Waals surface area contributed by atoms with Gasteiger partial charge in [0, 0.05) is 29.3 Å². The van der Waals surface area contributed by atoms with Crippen LogP contribution in [-0.4, -0.2) is 56.6 Å². The zero-order chi connectivity index (χ0) is 22.3. The minimum absolute atomic E-state index is 0.000469. The molecule has 0 saturated heterocycles. The minimum Gasteiger partial charge on any atom is -0.507 e. The predicted molar refractivity (Wildman–Crippen MR) is 115 cm³/mol. The third-order valence-electron chi connectivity index (χ3n) is 5.47. The van der Waals surface area contributed by atoms with E-state index in [-0.39, 0.29) is 29.8 Å². The Hall–Kier alpha value is -3.23. The molecule has 4 rings (SSSR count). The van der Waals surface area contributed by atoms with E-state index in [0.717, 1.165) is 5.56 Å². The Bertz CT molecular complexity index is 1160. The van der Waals surface area contributed by atoms with Gasteiger partial charge >= 0.3 is 0 Å². The minimum atomic E-state index is -0.559. The number of aromatic nitrogens is 2. The van der Waals surface area contributed by atoms with Crippen molar-refractivity contribution in [3.05, 3.63) is 57.7 Å². The molecule has 0 fully saturated rings. The number of amides is 1. The summed E-state index contributed by atoms with van der Waals surface area (Å²) >= 11 is 6.29. The van der Waals surface area contributed by atoms with Crippen molar-refractivity contribution >= 4 is 17.5 Å². The quantitative estimate of drug-likeness (QED) is 0.463. The maximum Gasteiger partial charge on any atom is 0.273 e. The molecule has 0 saturated carbocycles. The second kappa shape index (κ2) is 8.13. The summed E-state index contributed by atoms with van der Waals surface area (Å²) in [4.78, 5) is 14.8. The molecule has 0 bridgehead atoms. The molecule has 162 valence electrons. The maximum absolute atomic E-state index is 13.2.